The second-order valence-corrected chi connectivity index (χ2v) is 3.43. The first-order valence-electron chi connectivity index (χ1n) is 5.22. The van der Waals surface area contributed by atoms with Gasteiger partial charge in [0.1, 0.15) is 0 Å². The van der Waals surface area contributed by atoms with Gasteiger partial charge in [-0.25, -0.2) is 0 Å². The maximum absolute atomic E-state index is 9.80. The van der Waals surface area contributed by atoms with E-state index >= 15 is 0 Å². The van der Waals surface area contributed by atoms with Gasteiger partial charge in [0.25, 0.3) is 0 Å². The Morgan fingerprint density at radius 2 is 2.29 bits per heavy atom. The average Bonchev–Trinajstić information content (AvgIpc) is 2.26. The maximum Gasteiger partial charge on any atom is 0.174 e. The number of hydrogen-bond acceptors (Lipinski definition) is 2. The van der Waals surface area contributed by atoms with E-state index in [0.717, 1.165) is 30.5 Å². The fraction of sp³-hybridized carbons (Fsp3) is 0.545. The number of aromatic nitrogens is 1. The van der Waals surface area contributed by atoms with Crippen molar-refractivity contribution in [2.45, 2.75) is 39.1 Å². The van der Waals surface area contributed by atoms with Gasteiger partial charge in [0.15, 0.2) is 7.28 Å². The number of nitrogens with zero attached hydrogens (tertiary/aromatic N) is 1. The molecule has 0 saturated heterocycles. The van der Waals surface area contributed by atoms with Gasteiger partial charge in [0.2, 0.25) is 0 Å². The van der Waals surface area contributed by atoms with Crippen LogP contribution in [0.25, 0.3) is 0 Å². The summed E-state index contributed by atoms with van der Waals surface area (Å²) in [6.07, 6.45) is 2.55. The van der Waals surface area contributed by atoms with Crippen LogP contribution in [-0.2, 0) is 0 Å². The van der Waals surface area contributed by atoms with Crippen LogP contribution in [0.2, 0.25) is 6.82 Å². The van der Waals surface area contributed by atoms with Gasteiger partial charge in [-0.2, -0.15) is 0 Å². The first-order valence-corrected chi connectivity index (χ1v) is 5.22. The van der Waals surface area contributed by atoms with E-state index in [4.69, 9.17) is 0 Å². The summed E-state index contributed by atoms with van der Waals surface area (Å²) in [5, 5.41) is 9.80. The van der Waals surface area contributed by atoms with Gasteiger partial charge in [0.05, 0.1) is 11.8 Å². The third kappa shape index (κ3) is 3.15. The van der Waals surface area contributed by atoms with Crippen LogP contribution in [0.1, 0.15) is 38.0 Å². The fourth-order valence-corrected chi connectivity index (χ4v) is 1.36. The van der Waals surface area contributed by atoms with Crippen molar-refractivity contribution in [2.24, 2.45) is 0 Å². The maximum atomic E-state index is 9.80. The molecule has 0 aromatic carbocycles. The van der Waals surface area contributed by atoms with Gasteiger partial charge in [0, 0.05) is 0 Å². The standard InChI is InChI=1S/C11H17BNO/c1-3-4-7-10(14)9-6-5-8-11(12-2)13-9/h5-6,8,10,14H,3-4,7H2,1-2H3. The molecule has 0 bridgehead atoms. The molecular formula is C11H17BNO. The van der Waals surface area contributed by atoms with Crippen LogP contribution >= 0.6 is 0 Å². The molecule has 1 aromatic heterocycles. The van der Waals surface area contributed by atoms with Crippen molar-refractivity contribution >= 4 is 12.9 Å². The van der Waals surface area contributed by atoms with Gasteiger partial charge < -0.3 is 5.11 Å². The zero-order valence-electron chi connectivity index (χ0n) is 8.90. The molecule has 1 rings (SSSR count). The van der Waals surface area contributed by atoms with Crippen LogP contribution in [0.5, 0.6) is 0 Å². The molecule has 0 saturated carbocycles. The molecule has 0 amide bonds. The second kappa shape index (κ2) is 5.81. The van der Waals surface area contributed by atoms with Gasteiger partial charge in [-0.3, -0.25) is 4.98 Å². The molecule has 0 aliphatic carbocycles. The van der Waals surface area contributed by atoms with E-state index in [0.29, 0.717) is 0 Å². The fourth-order valence-electron chi connectivity index (χ4n) is 1.36. The third-order valence-corrected chi connectivity index (χ3v) is 2.26. The van der Waals surface area contributed by atoms with Crippen molar-refractivity contribution in [3.8, 4) is 0 Å². The Labute approximate surface area is 86.6 Å². The molecule has 1 N–H and O–H groups in total. The van der Waals surface area contributed by atoms with E-state index < -0.39 is 6.10 Å². The molecular weight excluding hydrogens is 173 g/mol. The highest BCUT2D eigenvalue weighted by atomic mass is 16.3. The predicted octanol–water partition coefficient (Wildman–Crippen LogP) is 1.68. The van der Waals surface area contributed by atoms with Gasteiger partial charge in [-0.15, -0.1) is 0 Å². The van der Waals surface area contributed by atoms with Crippen LogP contribution in [-0.4, -0.2) is 17.4 Å². The first kappa shape index (κ1) is 11.3. The first-order chi connectivity index (χ1) is 6.77. The number of unbranched alkanes of at least 4 members (excludes halogenated alkanes) is 1. The van der Waals surface area contributed by atoms with Crippen LogP contribution in [0, 0.1) is 0 Å². The summed E-state index contributed by atoms with van der Waals surface area (Å²) in [4.78, 5) is 4.34. The number of aliphatic hydroxyl groups excluding tert-OH is 1. The molecule has 14 heavy (non-hydrogen) atoms. The monoisotopic (exact) mass is 190 g/mol. The molecule has 1 atom stereocenters. The van der Waals surface area contributed by atoms with Crippen LogP contribution in [0.3, 0.4) is 0 Å². The molecule has 1 unspecified atom stereocenters. The molecule has 1 radical (unpaired) electrons. The van der Waals surface area contributed by atoms with Crippen molar-refractivity contribution in [3.63, 3.8) is 0 Å². The Hall–Kier alpha value is -0.825. The van der Waals surface area contributed by atoms with Gasteiger partial charge in [-0.05, 0) is 18.1 Å². The zero-order valence-corrected chi connectivity index (χ0v) is 8.90. The molecule has 1 heterocycles. The molecule has 75 valence electrons. The SMILES string of the molecule is C[B]c1cccc(C(O)CCCC)n1. The molecule has 0 spiro atoms. The van der Waals surface area contributed by atoms with E-state index in [9.17, 15) is 5.11 Å². The summed E-state index contributed by atoms with van der Waals surface area (Å²) < 4.78 is 0. The lowest BCUT2D eigenvalue weighted by molar-refractivity contribution is 0.160. The van der Waals surface area contributed by atoms with E-state index in [1.807, 2.05) is 32.3 Å². The lowest BCUT2D eigenvalue weighted by Gasteiger charge is -2.10. The molecule has 1 aromatic rings. The van der Waals surface area contributed by atoms with Crippen molar-refractivity contribution in [3.05, 3.63) is 23.9 Å². The highest BCUT2D eigenvalue weighted by Crippen LogP contribution is 2.15. The van der Waals surface area contributed by atoms with Crippen molar-refractivity contribution < 1.29 is 5.11 Å². The Morgan fingerprint density at radius 3 is 2.93 bits per heavy atom. The molecule has 0 aliphatic rings. The zero-order chi connectivity index (χ0) is 10.4. The Balaban J connectivity index is 2.64. The van der Waals surface area contributed by atoms with Crippen molar-refractivity contribution in [1.82, 2.24) is 4.98 Å². The minimum atomic E-state index is -0.408. The lowest BCUT2D eigenvalue weighted by Crippen LogP contribution is -2.17. The summed E-state index contributed by atoms with van der Waals surface area (Å²) >= 11 is 0. The molecule has 2 nitrogen and oxygen atoms in total. The Kier molecular flexibility index (Phi) is 4.67. The minimum Gasteiger partial charge on any atom is -0.387 e. The van der Waals surface area contributed by atoms with Gasteiger partial charge >= 0.3 is 0 Å². The quantitative estimate of drug-likeness (QED) is 0.716. The smallest absolute Gasteiger partial charge is 0.174 e. The van der Waals surface area contributed by atoms with E-state index in [2.05, 4.69) is 11.9 Å². The highest BCUT2D eigenvalue weighted by molar-refractivity contribution is 6.50. The largest absolute Gasteiger partial charge is 0.387 e. The lowest BCUT2D eigenvalue weighted by atomic mass is 9.77. The average molecular weight is 190 g/mol. The van der Waals surface area contributed by atoms with E-state index in [1.165, 1.54) is 0 Å². The summed E-state index contributed by atoms with van der Waals surface area (Å²) in [5.41, 5.74) is 1.71. The van der Waals surface area contributed by atoms with Crippen molar-refractivity contribution in [1.29, 1.82) is 0 Å². The molecule has 0 fully saturated rings. The van der Waals surface area contributed by atoms with Gasteiger partial charge in [-0.1, -0.05) is 38.7 Å². The molecule has 3 heteroatoms. The predicted molar refractivity (Wildman–Crippen MR) is 60.0 cm³/mol. The number of hydrogen-bond donors (Lipinski definition) is 1. The Bertz CT molecular complexity index is 278. The summed E-state index contributed by atoms with van der Waals surface area (Å²) in [7, 11) is 1.94. The normalized spacial score (nSPS) is 12.5. The summed E-state index contributed by atoms with van der Waals surface area (Å²) in [5.74, 6) is 0. The van der Waals surface area contributed by atoms with Crippen LogP contribution < -0.4 is 5.59 Å². The Morgan fingerprint density at radius 1 is 1.50 bits per heavy atom. The summed E-state index contributed by atoms with van der Waals surface area (Å²) in [6, 6.07) is 5.76. The van der Waals surface area contributed by atoms with E-state index in [-0.39, 0.29) is 0 Å². The second-order valence-electron chi connectivity index (χ2n) is 3.43. The summed E-state index contributed by atoms with van der Waals surface area (Å²) in [6.45, 7) is 4.07. The number of rotatable bonds is 5. The topological polar surface area (TPSA) is 33.1 Å². The van der Waals surface area contributed by atoms with Crippen LogP contribution in [0.4, 0.5) is 0 Å². The number of aliphatic hydroxyl groups is 1. The van der Waals surface area contributed by atoms with E-state index in [1.54, 1.807) is 0 Å². The highest BCUT2D eigenvalue weighted by Gasteiger charge is 2.08. The van der Waals surface area contributed by atoms with Crippen LogP contribution in [0.15, 0.2) is 18.2 Å². The van der Waals surface area contributed by atoms with Crippen molar-refractivity contribution in [2.75, 3.05) is 0 Å². The molecule has 0 aliphatic heterocycles. The third-order valence-electron chi connectivity index (χ3n) is 2.26. The minimum absolute atomic E-state index is 0.408. The number of pyridine rings is 1.